The Bertz CT molecular complexity index is 1320. The van der Waals surface area contributed by atoms with Gasteiger partial charge in [0.05, 0.1) is 10.6 Å². The number of sulfonamides is 1. The number of amides is 1. The third kappa shape index (κ3) is 5.01. The molecule has 1 saturated heterocycles. The van der Waals surface area contributed by atoms with E-state index in [0.717, 1.165) is 12.8 Å². The Kier molecular flexibility index (Phi) is 6.39. The molecule has 8 nitrogen and oxygen atoms in total. The molecule has 172 valence electrons. The van der Waals surface area contributed by atoms with Gasteiger partial charge in [0.1, 0.15) is 5.82 Å². The van der Waals surface area contributed by atoms with Gasteiger partial charge in [0, 0.05) is 31.0 Å². The Morgan fingerprint density at radius 1 is 1.09 bits per heavy atom. The number of halogens is 1. The van der Waals surface area contributed by atoms with Crippen LogP contribution in [0.1, 0.15) is 30.3 Å². The van der Waals surface area contributed by atoms with Crippen molar-refractivity contribution in [3.8, 4) is 5.69 Å². The van der Waals surface area contributed by atoms with E-state index in [1.165, 1.54) is 69.8 Å². The summed E-state index contributed by atoms with van der Waals surface area (Å²) in [4.78, 5) is 25.0. The highest BCUT2D eigenvalue weighted by atomic mass is 32.2. The van der Waals surface area contributed by atoms with E-state index in [-0.39, 0.29) is 10.6 Å². The maximum Gasteiger partial charge on any atom is 0.280 e. The summed E-state index contributed by atoms with van der Waals surface area (Å²) in [7, 11) is -3.61. The van der Waals surface area contributed by atoms with Gasteiger partial charge in [-0.3, -0.25) is 9.59 Å². The van der Waals surface area contributed by atoms with Crippen LogP contribution in [0.3, 0.4) is 0 Å². The first-order chi connectivity index (χ1) is 15.7. The van der Waals surface area contributed by atoms with Gasteiger partial charge in [0.25, 0.3) is 5.91 Å². The lowest BCUT2D eigenvalue weighted by atomic mass is 10.0. The molecular weight excluding hydrogens is 447 g/mol. The number of hydrogen-bond acceptors (Lipinski definition) is 5. The lowest BCUT2D eigenvalue weighted by molar-refractivity contribution is 0.101. The molecule has 0 aliphatic carbocycles. The molecule has 1 amide bonds. The van der Waals surface area contributed by atoms with E-state index < -0.39 is 27.2 Å². The molecule has 1 atom stereocenters. The van der Waals surface area contributed by atoms with E-state index in [1.54, 1.807) is 0 Å². The Balaban J connectivity index is 1.52. The largest absolute Gasteiger partial charge is 0.320 e. The minimum atomic E-state index is -3.61. The van der Waals surface area contributed by atoms with E-state index in [9.17, 15) is 22.4 Å². The number of anilines is 1. The molecule has 4 rings (SSSR count). The molecule has 1 aliphatic rings. The van der Waals surface area contributed by atoms with Crippen LogP contribution in [0.2, 0.25) is 0 Å². The fourth-order valence-electron chi connectivity index (χ4n) is 3.72. The third-order valence-electron chi connectivity index (χ3n) is 5.48. The molecule has 0 radical (unpaired) electrons. The van der Waals surface area contributed by atoms with Gasteiger partial charge in [-0.1, -0.05) is 6.92 Å². The Hall–Kier alpha value is -3.37. The fourth-order valence-corrected chi connectivity index (χ4v) is 5.32. The lowest BCUT2D eigenvalue weighted by Crippen LogP contribution is -2.39. The average molecular weight is 471 g/mol. The molecule has 2 heterocycles. The molecule has 3 aromatic rings. The number of carbonyl (C=O) groups excluding carboxylic acids is 1. The zero-order valence-electron chi connectivity index (χ0n) is 17.9. The van der Waals surface area contributed by atoms with Crippen LogP contribution < -0.4 is 10.7 Å². The summed E-state index contributed by atoms with van der Waals surface area (Å²) in [5.41, 5.74) is -0.124. The molecule has 10 heteroatoms. The van der Waals surface area contributed by atoms with Crippen molar-refractivity contribution in [1.29, 1.82) is 0 Å². The molecule has 0 spiro atoms. The van der Waals surface area contributed by atoms with E-state index in [4.69, 9.17) is 0 Å². The maximum atomic E-state index is 13.2. The van der Waals surface area contributed by atoms with Crippen molar-refractivity contribution in [1.82, 2.24) is 14.1 Å². The molecular formula is C23H23FN4O4S. The van der Waals surface area contributed by atoms with E-state index in [1.807, 2.05) is 6.92 Å². The van der Waals surface area contributed by atoms with Gasteiger partial charge >= 0.3 is 0 Å². The normalized spacial score (nSPS) is 17.0. The summed E-state index contributed by atoms with van der Waals surface area (Å²) in [5.74, 6) is -0.848. The van der Waals surface area contributed by atoms with Crippen LogP contribution in [0.25, 0.3) is 5.69 Å². The average Bonchev–Trinajstić information content (AvgIpc) is 2.80. The molecule has 1 unspecified atom stereocenters. The number of hydrogen-bond donors (Lipinski definition) is 1. The quantitative estimate of drug-likeness (QED) is 0.618. The van der Waals surface area contributed by atoms with Gasteiger partial charge in [-0.25, -0.2) is 17.5 Å². The van der Waals surface area contributed by atoms with Crippen molar-refractivity contribution in [2.75, 3.05) is 18.4 Å². The number of rotatable bonds is 5. The number of aromatic nitrogens is 2. The highest BCUT2D eigenvalue weighted by molar-refractivity contribution is 7.89. The molecule has 1 aromatic heterocycles. The molecule has 1 fully saturated rings. The molecule has 33 heavy (non-hydrogen) atoms. The fraction of sp³-hybridized carbons (Fsp3) is 0.261. The van der Waals surface area contributed by atoms with Crippen molar-refractivity contribution in [3.63, 3.8) is 0 Å². The zero-order valence-corrected chi connectivity index (χ0v) is 18.8. The van der Waals surface area contributed by atoms with E-state index in [2.05, 4.69) is 10.4 Å². The van der Waals surface area contributed by atoms with Gasteiger partial charge in [-0.2, -0.15) is 9.40 Å². The Labute approximate surface area is 190 Å². The first-order valence-corrected chi connectivity index (χ1v) is 12.0. The van der Waals surface area contributed by atoms with Gasteiger partial charge in [0.15, 0.2) is 5.69 Å². The van der Waals surface area contributed by atoms with Crippen LogP contribution in [0.15, 0.2) is 70.5 Å². The first kappa shape index (κ1) is 22.8. The predicted molar refractivity (Wildman–Crippen MR) is 121 cm³/mol. The van der Waals surface area contributed by atoms with Gasteiger partial charge in [-0.05, 0) is 67.3 Å². The SMILES string of the molecule is CC1CCCN(S(=O)(=O)c2ccc(NC(=O)c3nn(-c4ccc(F)cc4)ccc3=O)cc2)C1. The number of nitrogens with one attached hydrogen (secondary N) is 1. The number of benzene rings is 2. The maximum absolute atomic E-state index is 13.2. The van der Waals surface area contributed by atoms with Crippen LogP contribution in [-0.2, 0) is 10.0 Å². The molecule has 0 saturated carbocycles. The van der Waals surface area contributed by atoms with Crippen molar-refractivity contribution >= 4 is 21.6 Å². The van der Waals surface area contributed by atoms with Gasteiger partial charge in [0.2, 0.25) is 15.5 Å². The Morgan fingerprint density at radius 2 is 1.79 bits per heavy atom. The molecule has 2 aromatic carbocycles. The zero-order chi connectivity index (χ0) is 23.6. The van der Waals surface area contributed by atoms with Crippen LogP contribution in [0.4, 0.5) is 10.1 Å². The highest BCUT2D eigenvalue weighted by Crippen LogP contribution is 2.24. The number of piperidine rings is 1. The summed E-state index contributed by atoms with van der Waals surface area (Å²) in [6, 6.07) is 12.4. The monoisotopic (exact) mass is 470 g/mol. The second-order valence-electron chi connectivity index (χ2n) is 8.04. The van der Waals surface area contributed by atoms with E-state index in [0.29, 0.717) is 30.4 Å². The van der Waals surface area contributed by atoms with Crippen LogP contribution >= 0.6 is 0 Å². The summed E-state index contributed by atoms with van der Waals surface area (Å²) in [6.45, 7) is 3.01. The predicted octanol–water partition coefficient (Wildman–Crippen LogP) is 3.04. The third-order valence-corrected chi connectivity index (χ3v) is 7.36. The van der Waals surface area contributed by atoms with Crippen LogP contribution in [0.5, 0.6) is 0 Å². The second-order valence-corrected chi connectivity index (χ2v) is 9.98. The highest BCUT2D eigenvalue weighted by Gasteiger charge is 2.28. The molecule has 1 N–H and O–H groups in total. The lowest BCUT2D eigenvalue weighted by Gasteiger charge is -2.30. The summed E-state index contributed by atoms with van der Waals surface area (Å²) in [6.07, 6.45) is 3.22. The summed E-state index contributed by atoms with van der Waals surface area (Å²) in [5, 5.41) is 6.63. The van der Waals surface area contributed by atoms with Crippen molar-refractivity contribution < 1.29 is 17.6 Å². The topological polar surface area (TPSA) is 101 Å². The number of carbonyl (C=O) groups is 1. The van der Waals surface area contributed by atoms with E-state index >= 15 is 0 Å². The smallest absolute Gasteiger partial charge is 0.280 e. The van der Waals surface area contributed by atoms with Crippen LogP contribution in [-0.4, -0.2) is 41.5 Å². The van der Waals surface area contributed by atoms with Crippen LogP contribution in [0, 0.1) is 11.7 Å². The van der Waals surface area contributed by atoms with Crippen molar-refractivity contribution in [2.24, 2.45) is 5.92 Å². The van der Waals surface area contributed by atoms with Crippen molar-refractivity contribution in [3.05, 3.63) is 82.5 Å². The molecule has 1 aliphatic heterocycles. The molecule has 0 bridgehead atoms. The second kappa shape index (κ2) is 9.24. The number of nitrogens with zero attached hydrogens (tertiary/aromatic N) is 3. The minimum absolute atomic E-state index is 0.145. The Morgan fingerprint density at radius 3 is 2.45 bits per heavy atom. The van der Waals surface area contributed by atoms with Gasteiger partial charge < -0.3 is 5.32 Å². The summed E-state index contributed by atoms with van der Waals surface area (Å²) < 4.78 is 41.7. The summed E-state index contributed by atoms with van der Waals surface area (Å²) >= 11 is 0. The minimum Gasteiger partial charge on any atom is -0.320 e. The van der Waals surface area contributed by atoms with Crippen molar-refractivity contribution in [2.45, 2.75) is 24.7 Å². The van der Waals surface area contributed by atoms with Gasteiger partial charge in [-0.15, -0.1) is 0 Å². The first-order valence-electron chi connectivity index (χ1n) is 10.5. The standard InChI is InChI=1S/C23H23FN4O4S/c1-16-3-2-13-27(15-16)33(31,32)20-10-6-18(7-11-20)25-23(30)22-21(29)12-14-28(26-22)19-8-4-17(24)5-9-19/h4-12,14,16H,2-3,13,15H2,1H3,(H,25,30).